The summed E-state index contributed by atoms with van der Waals surface area (Å²) < 4.78 is 11.6. The van der Waals surface area contributed by atoms with E-state index in [9.17, 15) is 0 Å². The summed E-state index contributed by atoms with van der Waals surface area (Å²) in [5.41, 5.74) is 0.483. The molecule has 0 aromatic heterocycles. The zero-order valence-electron chi connectivity index (χ0n) is 7.96. The van der Waals surface area contributed by atoms with Gasteiger partial charge in [0.2, 0.25) is 0 Å². The maximum absolute atomic E-state index is 5.86. The zero-order valence-corrected chi connectivity index (χ0v) is 7.96. The summed E-state index contributed by atoms with van der Waals surface area (Å²) in [6.45, 7) is 6.76. The molecule has 2 saturated heterocycles. The summed E-state index contributed by atoms with van der Waals surface area (Å²) in [6, 6.07) is 0. The Kier molecular flexibility index (Phi) is 1.06. The maximum Gasteiger partial charge on any atom is 0.159 e. The quantitative estimate of drug-likeness (QED) is 0.550. The number of hydrogen-bond donors (Lipinski definition) is 0. The molecule has 2 heteroatoms. The van der Waals surface area contributed by atoms with Crippen LogP contribution in [0.1, 0.15) is 33.6 Å². The number of hydrogen-bond acceptors (Lipinski definition) is 2. The van der Waals surface area contributed by atoms with E-state index in [1.54, 1.807) is 0 Å². The summed E-state index contributed by atoms with van der Waals surface area (Å²) in [6.07, 6.45) is 2.91. The third-order valence-electron chi connectivity index (χ3n) is 4.18. The monoisotopic (exact) mass is 168 g/mol. The second-order valence-electron chi connectivity index (χ2n) is 5.27. The van der Waals surface area contributed by atoms with Gasteiger partial charge in [0.25, 0.3) is 0 Å². The lowest BCUT2D eigenvalue weighted by Crippen LogP contribution is -2.58. The highest BCUT2D eigenvalue weighted by Gasteiger charge is 2.67. The van der Waals surface area contributed by atoms with E-state index in [0.29, 0.717) is 17.4 Å². The van der Waals surface area contributed by atoms with Crippen molar-refractivity contribution in [3.63, 3.8) is 0 Å². The topological polar surface area (TPSA) is 18.5 Å². The Labute approximate surface area is 73.2 Å². The van der Waals surface area contributed by atoms with E-state index >= 15 is 0 Å². The second kappa shape index (κ2) is 1.73. The molecule has 68 valence electrons. The van der Waals surface area contributed by atoms with E-state index < -0.39 is 0 Å². The van der Waals surface area contributed by atoms with Gasteiger partial charge in [0.15, 0.2) is 6.29 Å². The number of ether oxygens (including phenoxy) is 2. The molecule has 0 aromatic rings. The van der Waals surface area contributed by atoms with E-state index in [0.717, 1.165) is 6.42 Å². The van der Waals surface area contributed by atoms with Crippen molar-refractivity contribution in [2.45, 2.75) is 51.6 Å². The molecule has 1 unspecified atom stereocenters. The average molecular weight is 168 g/mol. The van der Waals surface area contributed by atoms with E-state index in [2.05, 4.69) is 20.8 Å². The third kappa shape index (κ3) is 0.612. The Balaban J connectivity index is 2.02. The van der Waals surface area contributed by atoms with Crippen LogP contribution in [0.4, 0.5) is 0 Å². The standard InChI is InChI=1S/C10H16O2/c1-9(2)6-4-7-10(6,3)5-8(11-7)12-9/h6-8H,4-5H2,1-3H3/t6?,7-,8+,10+/m1/s1. The third-order valence-corrected chi connectivity index (χ3v) is 4.18. The van der Waals surface area contributed by atoms with Crippen molar-refractivity contribution in [2.24, 2.45) is 11.3 Å². The van der Waals surface area contributed by atoms with Crippen LogP contribution in [0.2, 0.25) is 0 Å². The minimum absolute atomic E-state index is 0.0463. The molecule has 1 saturated carbocycles. The van der Waals surface area contributed by atoms with Crippen molar-refractivity contribution in [1.29, 1.82) is 0 Å². The highest BCUT2D eigenvalue weighted by Crippen LogP contribution is 2.64. The lowest BCUT2D eigenvalue weighted by atomic mass is 9.52. The van der Waals surface area contributed by atoms with Gasteiger partial charge in [0, 0.05) is 11.8 Å². The highest BCUT2D eigenvalue weighted by molar-refractivity contribution is 5.13. The highest BCUT2D eigenvalue weighted by atomic mass is 16.7. The normalized spacial score (nSPS) is 59.8. The van der Waals surface area contributed by atoms with Crippen LogP contribution in [0.15, 0.2) is 0 Å². The summed E-state index contributed by atoms with van der Waals surface area (Å²) in [7, 11) is 0. The van der Waals surface area contributed by atoms with Crippen LogP contribution in [0.3, 0.4) is 0 Å². The Morgan fingerprint density at radius 3 is 2.75 bits per heavy atom. The first kappa shape index (κ1) is 7.34. The van der Waals surface area contributed by atoms with Crippen molar-refractivity contribution >= 4 is 0 Å². The fraction of sp³-hybridized carbons (Fsp3) is 1.00. The van der Waals surface area contributed by atoms with Crippen LogP contribution in [-0.2, 0) is 9.47 Å². The average Bonchev–Trinajstić information content (AvgIpc) is 2.13. The fourth-order valence-corrected chi connectivity index (χ4v) is 3.46. The van der Waals surface area contributed by atoms with Crippen LogP contribution in [0.5, 0.6) is 0 Å². The molecule has 0 N–H and O–H groups in total. The van der Waals surface area contributed by atoms with Gasteiger partial charge in [-0.15, -0.1) is 0 Å². The van der Waals surface area contributed by atoms with Gasteiger partial charge in [-0.1, -0.05) is 6.92 Å². The molecular weight excluding hydrogens is 152 g/mol. The van der Waals surface area contributed by atoms with Crippen LogP contribution >= 0.6 is 0 Å². The first-order valence-corrected chi connectivity index (χ1v) is 4.86. The van der Waals surface area contributed by atoms with Crippen LogP contribution < -0.4 is 0 Å². The van der Waals surface area contributed by atoms with E-state index in [1.165, 1.54) is 6.42 Å². The predicted octanol–water partition coefficient (Wildman–Crippen LogP) is 1.94. The van der Waals surface area contributed by atoms with Gasteiger partial charge in [-0.3, -0.25) is 0 Å². The van der Waals surface area contributed by atoms with Crippen molar-refractivity contribution in [3.8, 4) is 0 Å². The molecule has 3 aliphatic rings. The van der Waals surface area contributed by atoms with Gasteiger partial charge in [-0.25, -0.2) is 0 Å². The molecule has 2 aliphatic heterocycles. The minimum atomic E-state index is 0.0463. The van der Waals surface area contributed by atoms with E-state index in [4.69, 9.17) is 9.47 Å². The van der Waals surface area contributed by atoms with Gasteiger partial charge in [-0.2, -0.15) is 0 Å². The molecule has 3 rings (SSSR count). The van der Waals surface area contributed by atoms with Crippen LogP contribution in [0, 0.1) is 11.3 Å². The molecule has 0 aromatic carbocycles. The lowest BCUT2D eigenvalue weighted by molar-refractivity contribution is -0.205. The van der Waals surface area contributed by atoms with Gasteiger partial charge < -0.3 is 9.47 Å². The fourth-order valence-electron chi connectivity index (χ4n) is 3.46. The van der Waals surface area contributed by atoms with Gasteiger partial charge in [0.05, 0.1) is 11.7 Å². The summed E-state index contributed by atoms with van der Waals surface area (Å²) in [4.78, 5) is 0. The van der Waals surface area contributed by atoms with Gasteiger partial charge in [-0.05, 0) is 26.2 Å². The second-order valence-corrected chi connectivity index (χ2v) is 5.27. The first-order chi connectivity index (χ1) is 5.52. The van der Waals surface area contributed by atoms with E-state index in [-0.39, 0.29) is 11.9 Å². The number of rotatable bonds is 0. The van der Waals surface area contributed by atoms with Crippen LogP contribution in [0.25, 0.3) is 0 Å². The van der Waals surface area contributed by atoms with Gasteiger partial charge >= 0.3 is 0 Å². The van der Waals surface area contributed by atoms with Gasteiger partial charge in [0.1, 0.15) is 0 Å². The minimum Gasteiger partial charge on any atom is -0.349 e. The Morgan fingerprint density at radius 1 is 1.25 bits per heavy atom. The van der Waals surface area contributed by atoms with Crippen molar-refractivity contribution in [2.75, 3.05) is 0 Å². The number of fused-ring (bicyclic) bond motifs is 1. The molecule has 2 heterocycles. The summed E-state index contributed by atoms with van der Waals surface area (Å²) in [5, 5.41) is 0. The molecule has 2 nitrogen and oxygen atoms in total. The Bertz CT molecular complexity index is 236. The summed E-state index contributed by atoms with van der Waals surface area (Å²) >= 11 is 0. The molecule has 0 spiro atoms. The predicted molar refractivity (Wildman–Crippen MR) is 44.7 cm³/mol. The molecule has 12 heavy (non-hydrogen) atoms. The molecule has 1 aliphatic carbocycles. The van der Waals surface area contributed by atoms with Crippen molar-refractivity contribution in [3.05, 3.63) is 0 Å². The van der Waals surface area contributed by atoms with Crippen LogP contribution in [-0.4, -0.2) is 18.0 Å². The summed E-state index contributed by atoms with van der Waals surface area (Å²) in [5.74, 6) is 0.716. The molecule has 4 atom stereocenters. The lowest BCUT2D eigenvalue weighted by Gasteiger charge is -2.56. The molecule has 0 amide bonds. The SMILES string of the molecule is CC1(C)O[C@H]2C[C@@]3(C)C1C[C@H]3O2. The molecule has 2 bridgehead atoms. The zero-order chi connectivity index (χ0) is 8.56. The Hall–Kier alpha value is -0.0800. The first-order valence-electron chi connectivity index (χ1n) is 4.86. The smallest absolute Gasteiger partial charge is 0.159 e. The largest absolute Gasteiger partial charge is 0.349 e. The Morgan fingerprint density at radius 2 is 2.00 bits per heavy atom. The molecule has 0 radical (unpaired) electrons. The van der Waals surface area contributed by atoms with Crippen molar-refractivity contribution < 1.29 is 9.47 Å². The molecule has 3 fully saturated rings. The maximum atomic E-state index is 5.86. The van der Waals surface area contributed by atoms with E-state index in [1.807, 2.05) is 0 Å². The van der Waals surface area contributed by atoms with Crippen molar-refractivity contribution in [1.82, 2.24) is 0 Å². The molecular formula is C10H16O2.